The van der Waals surface area contributed by atoms with E-state index in [1.54, 1.807) is 7.11 Å². The first kappa shape index (κ1) is 17.4. The molecule has 1 aromatic heterocycles. The number of methoxy groups -OCH3 is 1. The Morgan fingerprint density at radius 1 is 1.29 bits per heavy atom. The summed E-state index contributed by atoms with van der Waals surface area (Å²) in [6.07, 6.45) is 8.06. The van der Waals surface area contributed by atoms with E-state index in [0.29, 0.717) is 17.9 Å². The van der Waals surface area contributed by atoms with E-state index in [1.165, 1.54) is 18.5 Å². The zero-order valence-electron chi connectivity index (χ0n) is 15.0. The van der Waals surface area contributed by atoms with E-state index in [-0.39, 0.29) is 0 Å². The molecule has 0 bridgehead atoms. The van der Waals surface area contributed by atoms with Gasteiger partial charge in [-0.1, -0.05) is 0 Å². The smallest absolute Gasteiger partial charge is 0.222 e. The van der Waals surface area contributed by atoms with E-state index in [4.69, 9.17) is 4.74 Å². The van der Waals surface area contributed by atoms with Gasteiger partial charge in [-0.15, -0.1) is 0 Å². The molecule has 0 saturated carbocycles. The van der Waals surface area contributed by atoms with Gasteiger partial charge in [0.1, 0.15) is 0 Å². The van der Waals surface area contributed by atoms with Crippen LogP contribution in [0.1, 0.15) is 38.3 Å². The number of nitrogens with zero attached hydrogens (tertiary/aromatic N) is 4. The van der Waals surface area contributed by atoms with Crippen molar-refractivity contribution < 1.29 is 9.53 Å². The topological polar surface area (TPSA) is 50.6 Å². The first-order chi connectivity index (χ1) is 11.7. The second-order valence-electron chi connectivity index (χ2n) is 7.26. The molecule has 1 amide bonds. The third-order valence-corrected chi connectivity index (χ3v) is 5.77. The lowest BCUT2D eigenvalue weighted by Gasteiger charge is -2.47. The van der Waals surface area contributed by atoms with Gasteiger partial charge in [0.25, 0.3) is 0 Å². The van der Waals surface area contributed by atoms with Gasteiger partial charge >= 0.3 is 0 Å². The molecule has 0 unspecified atom stereocenters. The van der Waals surface area contributed by atoms with Crippen LogP contribution in [0.4, 0.5) is 0 Å². The SMILES string of the molecule is CCN1CC2(CCC1=O)CCN(Cc1cncn1CCOC)CC2. The van der Waals surface area contributed by atoms with Crippen LogP contribution in [0.2, 0.25) is 0 Å². The molecule has 0 aliphatic carbocycles. The fourth-order valence-corrected chi connectivity index (χ4v) is 4.08. The van der Waals surface area contributed by atoms with Crippen LogP contribution in [0.15, 0.2) is 12.5 Å². The van der Waals surface area contributed by atoms with Crippen molar-refractivity contribution in [3.8, 4) is 0 Å². The normalized spacial score (nSPS) is 21.6. The quantitative estimate of drug-likeness (QED) is 0.795. The Bertz CT molecular complexity index is 549. The molecule has 1 spiro atoms. The Kier molecular flexibility index (Phi) is 5.56. The van der Waals surface area contributed by atoms with E-state index >= 15 is 0 Å². The third-order valence-electron chi connectivity index (χ3n) is 5.77. The molecular weight excluding hydrogens is 304 g/mol. The summed E-state index contributed by atoms with van der Waals surface area (Å²) in [5.41, 5.74) is 1.62. The molecule has 134 valence electrons. The molecule has 3 rings (SSSR count). The van der Waals surface area contributed by atoms with Crippen LogP contribution >= 0.6 is 0 Å². The van der Waals surface area contributed by atoms with Gasteiger partial charge in [0, 0.05) is 45.9 Å². The van der Waals surface area contributed by atoms with Crippen LogP contribution in [0.3, 0.4) is 0 Å². The highest BCUT2D eigenvalue weighted by Crippen LogP contribution is 2.40. The molecule has 2 fully saturated rings. The Labute approximate surface area is 144 Å². The number of likely N-dealkylation sites (tertiary alicyclic amines) is 2. The summed E-state index contributed by atoms with van der Waals surface area (Å²) in [6, 6.07) is 0. The maximum absolute atomic E-state index is 11.9. The zero-order valence-corrected chi connectivity index (χ0v) is 15.0. The van der Waals surface area contributed by atoms with Gasteiger partial charge in [0.2, 0.25) is 5.91 Å². The monoisotopic (exact) mass is 334 g/mol. The summed E-state index contributed by atoms with van der Waals surface area (Å²) in [5.74, 6) is 0.340. The Hall–Kier alpha value is -1.40. The highest BCUT2D eigenvalue weighted by atomic mass is 16.5. The van der Waals surface area contributed by atoms with Crippen molar-refractivity contribution >= 4 is 5.91 Å². The third kappa shape index (κ3) is 3.81. The average Bonchev–Trinajstić information content (AvgIpc) is 3.04. The fraction of sp³-hybridized carbons (Fsp3) is 0.778. The van der Waals surface area contributed by atoms with Crippen LogP contribution in [0, 0.1) is 5.41 Å². The minimum absolute atomic E-state index is 0.340. The molecule has 2 aliphatic heterocycles. The molecule has 0 N–H and O–H groups in total. The zero-order chi connectivity index (χ0) is 17.0. The average molecular weight is 334 g/mol. The molecule has 0 atom stereocenters. The van der Waals surface area contributed by atoms with E-state index in [0.717, 1.165) is 52.1 Å². The summed E-state index contributed by atoms with van der Waals surface area (Å²) in [6.45, 7) is 8.65. The number of rotatable bonds is 6. The van der Waals surface area contributed by atoms with Crippen molar-refractivity contribution in [3.63, 3.8) is 0 Å². The molecule has 3 heterocycles. The first-order valence-electron chi connectivity index (χ1n) is 9.14. The van der Waals surface area contributed by atoms with Crippen molar-refractivity contribution in [1.82, 2.24) is 19.4 Å². The minimum atomic E-state index is 0.340. The maximum Gasteiger partial charge on any atom is 0.222 e. The maximum atomic E-state index is 11.9. The molecule has 6 heteroatoms. The van der Waals surface area contributed by atoms with Gasteiger partial charge < -0.3 is 14.2 Å². The second-order valence-corrected chi connectivity index (χ2v) is 7.26. The van der Waals surface area contributed by atoms with E-state index in [1.807, 2.05) is 12.5 Å². The van der Waals surface area contributed by atoms with Crippen molar-refractivity contribution in [3.05, 3.63) is 18.2 Å². The number of piperidine rings is 2. The van der Waals surface area contributed by atoms with Gasteiger partial charge in [0.15, 0.2) is 0 Å². The fourth-order valence-electron chi connectivity index (χ4n) is 4.08. The number of imidazole rings is 1. The number of aromatic nitrogens is 2. The Balaban J connectivity index is 1.54. The summed E-state index contributed by atoms with van der Waals surface area (Å²) < 4.78 is 7.36. The predicted octanol–water partition coefficient (Wildman–Crippen LogP) is 1.75. The standard InChI is InChI=1S/C18H30N4O2/c1-3-21-14-18(5-4-17(21)23)6-8-20(9-7-18)13-16-12-19-15-22(16)10-11-24-2/h12,15H,3-11,13-14H2,1-2H3. The van der Waals surface area contributed by atoms with E-state index < -0.39 is 0 Å². The summed E-state index contributed by atoms with van der Waals surface area (Å²) in [4.78, 5) is 20.8. The molecule has 2 saturated heterocycles. The van der Waals surface area contributed by atoms with Crippen molar-refractivity contribution in [2.45, 2.75) is 45.7 Å². The van der Waals surface area contributed by atoms with Gasteiger partial charge in [-0.25, -0.2) is 4.98 Å². The summed E-state index contributed by atoms with van der Waals surface area (Å²) >= 11 is 0. The van der Waals surface area contributed by atoms with Gasteiger partial charge in [0.05, 0.1) is 18.6 Å². The van der Waals surface area contributed by atoms with Crippen molar-refractivity contribution in [1.29, 1.82) is 0 Å². The molecule has 1 aromatic rings. The molecular formula is C18H30N4O2. The molecule has 0 radical (unpaired) electrons. The highest BCUT2D eigenvalue weighted by Gasteiger charge is 2.40. The van der Waals surface area contributed by atoms with Crippen LogP contribution in [0.5, 0.6) is 0 Å². The molecule has 0 aromatic carbocycles. The lowest BCUT2D eigenvalue weighted by Crippen LogP contribution is -2.51. The number of hydrogen-bond acceptors (Lipinski definition) is 4. The van der Waals surface area contributed by atoms with Crippen LogP contribution in [-0.2, 0) is 22.6 Å². The van der Waals surface area contributed by atoms with Gasteiger partial charge in [-0.05, 0) is 44.7 Å². The van der Waals surface area contributed by atoms with Gasteiger partial charge in [-0.3, -0.25) is 9.69 Å². The largest absolute Gasteiger partial charge is 0.383 e. The van der Waals surface area contributed by atoms with E-state index in [2.05, 4.69) is 26.3 Å². The van der Waals surface area contributed by atoms with Crippen molar-refractivity contribution in [2.75, 3.05) is 39.9 Å². The highest BCUT2D eigenvalue weighted by molar-refractivity contribution is 5.77. The van der Waals surface area contributed by atoms with Crippen LogP contribution in [0.25, 0.3) is 0 Å². The Morgan fingerprint density at radius 3 is 2.79 bits per heavy atom. The number of carbonyl (C=O) groups is 1. The molecule has 6 nitrogen and oxygen atoms in total. The number of carbonyl (C=O) groups excluding carboxylic acids is 1. The molecule has 24 heavy (non-hydrogen) atoms. The van der Waals surface area contributed by atoms with Crippen LogP contribution in [-0.4, -0.2) is 65.2 Å². The van der Waals surface area contributed by atoms with Gasteiger partial charge in [-0.2, -0.15) is 0 Å². The Morgan fingerprint density at radius 2 is 2.08 bits per heavy atom. The number of hydrogen-bond donors (Lipinski definition) is 0. The second kappa shape index (κ2) is 7.66. The lowest BCUT2D eigenvalue weighted by molar-refractivity contribution is -0.138. The predicted molar refractivity (Wildman–Crippen MR) is 92.5 cm³/mol. The number of ether oxygens (including phenoxy) is 1. The van der Waals surface area contributed by atoms with E-state index in [9.17, 15) is 4.79 Å². The van der Waals surface area contributed by atoms with Crippen LogP contribution < -0.4 is 0 Å². The lowest BCUT2D eigenvalue weighted by atomic mass is 9.72. The first-order valence-corrected chi connectivity index (χ1v) is 9.14. The number of amides is 1. The minimum Gasteiger partial charge on any atom is -0.383 e. The van der Waals surface area contributed by atoms with Crippen molar-refractivity contribution in [2.24, 2.45) is 5.41 Å². The summed E-state index contributed by atoms with van der Waals surface area (Å²) in [5, 5.41) is 0. The summed E-state index contributed by atoms with van der Waals surface area (Å²) in [7, 11) is 1.73. The molecule has 2 aliphatic rings.